The minimum Gasteiger partial charge on any atom is -0.437 e. The van der Waals surface area contributed by atoms with Gasteiger partial charge >= 0.3 is 0 Å². The van der Waals surface area contributed by atoms with Crippen LogP contribution in [0, 0.1) is 0 Å². The second-order valence-corrected chi connectivity index (χ2v) is 7.21. The van der Waals surface area contributed by atoms with Crippen LogP contribution in [0.15, 0.2) is 67.1 Å². The molecule has 1 aromatic carbocycles. The summed E-state index contributed by atoms with van der Waals surface area (Å²) in [5.41, 5.74) is 1.56. The Morgan fingerprint density at radius 2 is 1.79 bits per heavy atom. The van der Waals surface area contributed by atoms with Crippen molar-refractivity contribution >= 4 is 17.5 Å². The molecule has 0 aliphatic carbocycles. The van der Waals surface area contributed by atoms with E-state index >= 15 is 0 Å². The van der Waals surface area contributed by atoms with Gasteiger partial charge in [-0.2, -0.15) is 0 Å². The van der Waals surface area contributed by atoms with Crippen molar-refractivity contribution in [2.75, 3.05) is 26.2 Å². The summed E-state index contributed by atoms with van der Waals surface area (Å²) >= 11 is 6.27. The number of piperazine rings is 1. The Kier molecular flexibility index (Phi) is 6.03. The smallest absolute Gasteiger partial charge is 0.259 e. The van der Waals surface area contributed by atoms with Gasteiger partial charge in [0.05, 0.1) is 6.20 Å². The fraction of sp³-hybridized carbons (Fsp3) is 0.227. The number of carbonyl (C=O) groups is 1. The number of hydrogen-bond donors (Lipinski definition) is 0. The van der Waals surface area contributed by atoms with Gasteiger partial charge in [0.1, 0.15) is 11.3 Å². The summed E-state index contributed by atoms with van der Waals surface area (Å²) in [4.78, 5) is 25.5. The Morgan fingerprint density at radius 3 is 2.55 bits per heavy atom. The van der Waals surface area contributed by atoms with E-state index in [4.69, 9.17) is 16.3 Å². The highest BCUT2D eigenvalue weighted by molar-refractivity contribution is 6.31. The number of amides is 1. The molecule has 148 valence electrons. The lowest BCUT2D eigenvalue weighted by Crippen LogP contribution is -2.48. The second-order valence-electron chi connectivity index (χ2n) is 6.81. The van der Waals surface area contributed by atoms with Crippen molar-refractivity contribution in [1.82, 2.24) is 19.8 Å². The molecule has 1 fully saturated rings. The molecule has 1 saturated heterocycles. The molecule has 7 heteroatoms. The van der Waals surface area contributed by atoms with Crippen molar-refractivity contribution in [3.8, 4) is 11.6 Å². The maximum atomic E-state index is 13.1. The topological polar surface area (TPSA) is 58.6 Å². The Hall–Kier alpha value is -2.96. The minimum atomic E-state index is -0.0746. The molecule has 0 radical (unpaired) electrons. The van der Waals surface area contributed by atoms with E-state index < -0.39 is 0 Å². The molecule has 1 aliphatic rings. The normalized spacial score (nSPS) is 14.6. The fourth-order valence-corrected chi connectivity index (χ4v) is 3.50. The first-order valence-electron chi connectivity index (χ1n) is 9.48. The van der Waals surface area contributed by atoms with E-state index in [2.05, 4.69) is 14.9 Å². The first-order chi connectivity index (χ1) is 14.2. The molecule has 1 amide bonds. The fourth-order valence-electron chi connectivity index (χ4n) is 3.30. The number of aromatic nitrogens is 2. The number of ether oxygens (including phenoxy) is 1. The number of pyridine rings is 2. The van der Waals surface area contributed by atoms with Gasteiger partial charge in [0.15, 0.2) is 0 Å². The predicted octanol–water partition coefficient (Wildman–Crippen LogP) is 3.88. The molecule has 1 aliphatic heterocycles. The molecule has 0 N–H and O–H groups in total. The van der Waals surface area contributed by atoms with Crippen molar-refractivity contribution in [2.45, 2.75) is 6.54 Å². The van der Waals surface area contributed by atoms with E-state index in [1.165, 1.54) is 0 Å². The van der Waals surface area contributed by atoms with E-state index in [1.54, 1.807) is 42.9 Å². The lowest BCUT2D eigenvalue weighted by Gasteiger charge is -2.35. The number of rotatable bonds is 5. The summed E-state index contributed by atoms with van der Waals surface area (Å²) < 4.78 is 5.79. The quantitative estimate of drug-likeness (QED) is 0.641. The molecular weight excluding hydrogens is 388 g/mol. The van der Waals surface area contributed by atoms with E-state index in [1.807, 2.05) is 29.2 Å². The summed E-state index contributed by atoms with van der Waals surface area (Å²) in [5, 5.41) is 0.776. The zero-order valence-corrected chi connectivity index (χ0v) is 16.6. The summed E-state index contributed by atoms with van der Waals surface area (Å²) in [6, 6.07) is 14.9. The average molecular weight is 409 g/mol. The Bertz CT molecular complexity index is 975. The van der Waals surface area contributed by atoms with Crippen LogP contribution in [0.3, 0.4) is 0 Å². The molecule has 0 unspecified atom stereocenters. The Morgan fingerprint density at radius 1 is 1.00 bits per heavy atom. The van der Waals surface area contributed by atoms with Crippen molar-refractivity contribution in [1.29, 1.82) is 0 Å². The third kappa shape index (κ3) is 4.72. The van der Waals surface area contributed by atoms with E-state index in [9.17, 15) is 4.79 Å². The molecule has 4 rings (SSSR count). The summed E-state index contributed by atoms with van der Waals surface area (Å²) in [6.07, 6.45) is 4.87. The van der Waals surface area contributed by atoms with Crippen molar-refractivity contribution < 1.29 is 9.53 Å². The number of halogens is 1. The van der Waals surface area contributed by atoms with Crippen LogP contribution in [0.2, 0.25) is 5.02 Å². The summed E-state index contributed by atoms with van der Waals surface area (Å²) in [6.45, 7) is 3.64. The zero-order chi connectivity index (χ0) is 20.1. The van der Waals surface area contributed by atoms with Crippen molar-refractivity contribution in [3.05, 3.63) is 83.3 Å². The first kappa shape index (κ1) is 19.4. The highest BCUT2D eigenvalue weighted by Crippen LogP contribution is 2.24. The second kappa shape index (κ2) is 9.03. The predicted molar refractivity (Wildman–Crippen MR) is 111 cm³/mol. The van der Waals surface area contributed by atoms with Crippen LogP contribution in [0.1, 0.15) is 15.9 Å². The number of hydrogen-bond acceptors (Lipinski definition) is 5. The third-order valence-electron chi connectivity index (χ3n) is 4.86. The molecule has 0 bridgehead atoms. The van der Waals surface area contributed by atoms with Gasteiger partial charge < -0.3 is 9.64 Å². The minimum absolute atomic E-state index is 0.0746. The molecule has 6 nitrogen and oxygen atoms in total. The molecule has 0 spiro atoms. The van der Waals surface area contributed by atoms with Crippen LogP contribution in [0.5, 0.6) is 11.6 Å². The van der Waals surface area contributed by atoms with Crippen LogP contribution in [-0.4, -0.2) is 51.9 Å². The monoisotopic (exact) mass is 408 g/mol. The van der Waals surface area contributed by atoms with Gasteiger partial charge in [-0.3, -0.25) is 14.7 Å². The van der Waals surface area contributed by atoms with Crippen LogP contribution in [-0.2, 0) is 6.54 Å². The lowest BCUT2D eigenvalue weighted by molar-refractivity contribution is 0.0625. The van der Waals surface area contributed by atoms with Gasteiger partial charge in [-0.1, -0.05) is 29.8 Å². The molecule has 3 heterocycles. The van der Waals surface area contributed by atoms with Crippen molar-refractivity contribution in [2.24, 2.45) is 0 Å². The maximum Gasteiger partial charge on any atom is 0.259 e. The number of benzene rings is 1. The van der Waals surface area contributed by atoms with Gasteiger partial charge in [-0.15, -0.1) is 0 Å². The first-order valence-corrected chi connectivity index (χ1v) is 9.86. The molecule has 2 aromatic heterocycles. The summed E-state index contributed by atoms with van der Waals surface area (Å²) in [7, 11) is 0. The number of carbonyl (C=O) groups excluding carboxylic acids is 1. The third-order valence-corrected chi connectivity index (χ3v) is 5.23. The van der Waals surface area contributed by atoms with Crippen LogP contribution < -0.4 is 4.74 Å². The molecular formula is C22H21ClN4O2. The molecule has 0 atom stereocenters. The van der Waals surface area contributed by atoms with Gasteiger partial charge in [-0.25, -0.2) is 4.98 Å². The van der Waals surface area contributed by atoms with Gasteiger partial charge in [0.2, 0.25) is 5.88 Å². The lowest BCUT2D eigenvalue weighted by atomic mass is 10.1. The standard InChI is InChI=1S/C22H21ClN4O2/c23-20-8-2-1-5-17(20)16-26-11-13-27(14-12-26)22(28)19-7-4-10-25-21(19)29-18-6-3-9-24-15-18/h1-10,15H,11-14,16H2. The van der Waals surface area contributed by atoms with E-state index in [0.717, 1.165) is 30.2 Å². The SMILES string of the molecule is O=C(c1cccnc1Oc1cccnc1)N1CCN(Cc2ccccc2Cl)CC1. The highest BCUT2D eigenvalue weighted by Gasteiger charge is 2.25. The van der Waals surface area contributed by atoms with Crippen molar-refractivity contribution in [3.63, 3.8) is 0 Å². The number of nitrogens with zero attached hydrogens (tertiary/aromatic N) is 4. The average Bonchev–Trinajstić information content (AvgIpc) is 2.77. The molecule has 29 heavy (non-hydrogen) atoms. The van der Waals surface area contributed by atoms with Crippen LogP contribution in [0.25, 0.3) is 0 Å². The van der Waals surface area contributed by atoms with Crippen LogP contribution >= 0.6 is 11.6 Å². The highest BCUT2D eigenvalue weighted by atomic mass is 35.5. The summed E-state index contributed by atoms with van der Waals surface area (Å²) in [5.74, 6) is 0.767. The van der Waals surface area contributed by atoms with E-state index in [0.29, 0.717) is 30.3 Å². The molecule has 3 aromatic rings. The maximum absolute atomic E-state index is 13.1. The molecule has 0 saturated carbocycles. The van der Waals surface area contributed by atoms with Gasteiger partial charge in [0, 0.05) is 50.1 Å². The Balaban J connectivity index is 1.41. The van der Waals surface area contributed by atoms with Crippen LogP contribution in [0.4, 0.5) is 0 Å². The van der Waals surface area contributed by atoms with E-state index in [-0.39, 0.29) is 5.91 Å². The zero-order valence-electron chi connectivity index (χ0n) is 15.9. The van der Waals surface area contributed by atoms with Gasteiger partial charge in [-0.05, 0) is 35.9 Å². The Labute approximate surface area is 174 Å². The largest absolute Gasteiger partial charge is 0.437 e. The van der Waals surface area contributed by atoms with Gasteiger partial charge in [0.25, 0.3) is 5.91 Å².